The van der Waals surface area contributed by atoms with E-state index in [2.05, 4.69) is 19.2 Å². The molecule has 3 heteroatoms. The summed E-state index contributed by atoms with van der Waals surface area (Å²) < 4.78 is 13.4. The molecule has 3 N–H and O–H groups in total. The van der Waals surface area contributed by atoms with E-state index in [0.717, 1.165) is 11.3 Å². The van der Waals surface area contributed by atoms with E-state index >= 15 is 0 Å². The predicted octanol–water partition coefficient (Wildman–Crippen LogP) is 4.08. The highest BCUT2D eigenvalue weighted by atomic mass is 19.1. The van der Waals surface area contributed by atoms with E-state index in [4.69, 9.17) is 5.73 Å². The molecule has 0 amide bonds. The molecule has 0 fully saturated rings. The third kappa shape index (κ3) is 2.16. The van der Waals surface area contributed by atoms with Gasteiger partial charge in [0.2, 0.25) is 0 Å². The summed E-state index contributed by atoms with van der Waals surface area (Å²) >= 11 is 0. The van der Waals surface area contributed by atoms with Gasteiger partial charge in [0.15, 0.2) is 0 Å². The zero-order chi connectivity index (χ0) is 13.3. The Labute approximate surface area is 107 Å². The first-order valence-electron chi connectivity index (χ1n) is 5.88. The zero-order valence-corrected chi connectivity index (χ0v) is 10.8. The Balaban J connectivity index is 2.41. The van der Waals surface area contributed by atoms with Crippen LogP contribution in [0.25, 0.3) is 0 Å². The van der Waals surface area contributed by atoms with E-state index in [1.165, 1.54) is 17.2 Å². The van der Waals surface area contributed by atoms with Crippen molar-refractivity contribution in [2.24, 2.45) is 0 Å². The van der Waals surface area contributed by atoms with Crippen molar-refractivity contribution < 1.29 is 4.39 Å². The van der Waals surface area contributed by atoms with E-state index in [1.54, 1.807) is 12.1 Å². The Morgan fingerprint density at radius 1 is 0.944 bits per heavy atom. The van der Waals surface area contributed by atoms with Crippen LogP contribution in [0.5, 0.6) is 0 Å². The quantitative estimate of drug-likeness (QED) is 0.781. The number of aryl methyl sites for hydroxylation is 1. The Hall–Kier alpha value is -2.03. The molecule has 2 aromatic carbocycles. The lowest BCUT2D eigenvalue weighted by molar-refractivity contribution is 0.633. The molecule has 18 heavy (non-hydrogen) atoms. The van der Waals surface area contributed by atoms with Crippen LogP contribution in [0.1, 0.15) is 16.7 Å². The first kappa shape index (κ1) is 12.4. The van der Waals surface area contributed by atoms with Gasteiger partial charge < -0.3 is 11.1 Å². The van der Waals surface area contributed by atoms with E-state index in [9.17, 15) is 4.39 Å². The van der Waals surface area contributed by atoms with Crippen LogP contribution in [0.15, 0.2) is 30.3 Å². The second-order valence-corrected chi connectivity index (χ2v) is 4.51. The number of halogens is 1. The fourth-order valence-corrected chi connectivity index (χ4v) is 1.88. The highest BCUT2D eigenvalue weighted by Crippen LogP contribution is 2.29. The van der Waals surface area contributed by atoms with Crippen LogP contribution in [0.4, 0.5) is 21.5 Å². The molecule has 0 aromatic heterocycles. The lowest BCUT2D eigenvalue weighted by Crippen LogP contribution is -2.01. The average Bonchev–Trinajstić information content (AvgIpc) is 2.35. The zero-order valence-electron chi connectivity index (χ0n) is 10.8. The van der Waals surface area contributed by atoms with Crippen molar-refractivity contribution >= 4 is 17.1 Å². The van der Waals surface area contributed by atoms with Crippen molar-refractivity contribution in [2.45, 2.75) is 20.8 Å². The number of anilines is 3. The maximum atomic E-state index is 13.4. The van der Waals surface area contributed by atoms with Crippen LogP contribution in [0, 0.1) is 26.6 Å². The largest absolute Gasteiger partial charge is 0.395 e. The van der Waals surface area contributed by atoms with E-state index in [1.807, 2.05) is 19.1 Å². The monoisotopic (exact) mass is 244 g/mol. The van der Waals surface area contributed by atoms with Crippen LogP contribution < -0.4 is 11.1 Å². The standard InChI is InChI=1S/C15H17FN2/c1-9-7-8-13(11(3)10(9)2)18-14-6-4-5-12(16)15(14)17/h4-8,18H,17H2,1-3H3. The van der Waals surface area contributed by atoms with Gasteiger partial charge >= 0.3 is 0 Å². The van der Waals surface area contributed by atoms with Gasteiger partial charge in [0.1, 0.15) is 5.82 Å². The third-order valence-corrected chi connectivity index (χ3v) is 3.38. The van der Waals surface area contributed by atoms with Gasteiger partial charge in [-0.2, -0.15) is 0 Å². The molecule has 94 valence electrons. The molecule has 0 atom stereocenters. The van der Waals surface area contributed by atoms with Crippen LogP contribution >= 0.6 is 0 Å². The summed E-state index contributed by atoms with van der Waals surface area (Å²) in [5.74, 6) is -0.401. The molecule has 2 aromatic rings. The minimum Gasteiger partial charge on any atom is -0.395 e. The molecule has 0 unspecified atom stereocenters. The molecule has 0 saturated heterocycles. The predicted molar refractivity (Wildman–Crippen MR) is 74.7 cm³/mol. The van der Waals surface area contributed by atoms with Gasteiger partial charge in [0.05, 0.1) is 11.4 Å². The molecule has 0 saturated carbocycles. The normalized spacial score (nSPS) is 10.4. The maximum Gasteiger partial charge on any atom is 0.148 e. The van der Waals surface area contributed by atoms with Crippen molar-refractivity contribution in [3.63, 3.8) is 0 Å². The Morgan fingerprint density at radius 3 is 2.39 bits per heavy atom. The summed E-state index contributed by atoms with van der Waals surface area (Å²) in [6.07, 6.45) is 0. The van der Waals surface area contributed by atoms with Gasteiger partial charge in [0.25, 0.3) is 0 Å². The van der Waals surface area contributed by atoms with Crippen LogP contribution in [-0.4, -0.2) is 0 Å². The summed E-state index contributed by atoms with van der Waals surface area (Å²) in [4.78, 5) is 0. The lowest BCUT2D eigenvalue weighted by atomic mass is 10.0. The third-order valence-electron chi connectivity index (χ3n) is 3.38. The van der Waals surface area contributed by atoms with Crippen molar-refractivity contribution in [2.75, 3.05) is 11.1 Å². The molecule has 0 heterocycles. The summed E-state index contributed by atoms with van der Waals surface area (Å²) in [6, 6.07) is 8.80. The van der Waals surface area contributed by atoms with E-state index in [0.29, 0.717) is 5.69 Å². The second-order valence-electron chi connectivity index (χ2n) is 4.51. The number of nitrogens with two attached hydrogens (primary N) is 1. The molecule has 2 rings (SSSR count). The van der Waals surface area contributed by atoms with Crippen molar-refractivity contribution in [1.29, 1.82) is 0 Å². The number of rotatable bonds is 2. The molecule has 0 spiro atoms. The first-order valence-corrected chi connectivity index (χ1v) is 5.88. The minimum atomic E-state index is -0.401. The van der Waals surface area contributed by atoms with Crippen LogP contribution in [0.2, 0.25) is 0 Å². The van der Waals surface area contributed by atoms with Gasteiger partial charge in [-0.15, -0.1) is 0 Å². The van der Waals surface area contributed by atoms with Crippen LogP contribution in [-0.2, 0) is 0 Å². The first-order chi connectivity index (χ1) is 8.50. The molecular formula is C15H17FN2. The van der Waals surface area contributed by atoms with Gasteiger partial charge in [0, 0.05) is 5.69 Å². The Morgan fingerprint density at radius 2 is 1.67 bits per heavy atom. The SMILES string of the molecule is Cc1ccc(Nc2cccc(F)c2N)c(C)c1C. The number of nitrogens with one attached hydrogen (secondary N) is 1. The fraction of sp³-hybridized carbons (Fsp3) is 0.200. The molecule has 2 nitrogen and oxygen atoms in total. The molecule has 0 aliphatic heterocycles. The number of benzene rings is 2. The maximum absolute atomic E-state index is 13.4. The summed E-state index contributed by atoms with van der Waals surface area (Å²) in [5, 5.41) is 3.18. The highest BCUT2D eigenvalue weighted by molar-refractivity contribution is 5.74. The van der Waals surface area contributed by atoms with Gasteiger partial charge in [-0.05, 0) is 55.7 Å². The fourth-order valence-electron chi connectivity index (χ4n) is 1.88. The molecule has 0 aliphatic rings. The summed E-state index contributed by atoms with van der Waals surface area (Å²) in [7, 11) is 0. The topological polar surface area (TPSA) is 38.0 Å². The van der Waals surface area contributed by atoms with E-state index in [-0.39, 0.29) is 5.69 Å². The highest BCUT2D eigenvalue weighted by Gasteiger charge is 2.07. The Kier molecular flexibility index (Phi) is 3.24. The number of nitrogen functional groups attached to an aromatic ring is 1. The van der Waals surface area contributed by atoms with Gasteiger partial charge in [-0.1, -0.05) is 12.1 Å². The van der Waals surface area contributed by atoms with Crippen molar-refractivity contribution in [3.8, 4) is 0 Å². The number of hydrogen-bond acceptors (Lipinski definition) is 2. The van der Waals surface area contributed by atoms with Gasteiger partial charge in [-0.25, -0.2) is 4.39 Å². The lowest BCUT2D eigenvalue weighted by Gasteiger charge is -2.15. The van der Waals surface area contributed by atoms with Crippen molar-refractivity contribution in [1.82, 2.24) is 0 Å². The average molecular weight is 244 g/mol. The Bertz CT molecular complexity index is 591. The molecule has 0 bridgehead atoms. The second kappa shape index (κ2) is 4.69. The summed E-state index contributed by atoms with van der Waals surface area (Å²) in [5.41, 5.74) is 11.0. The smallest absolute Gasteiger partial charge is 0.148 e. The molecule has 0 radical (unpaired) electrons. The number of hydrogen-bond donors (Lipinski definition) is 2. The number of para-hydroxylation sites is 1. The van der Waals surface area contributed by atoms with E-state index < -0.39 is 5.82 Å². The summed E-state index contributed by atoms with van der Waals surface area (Å²) in [6.45, 7) is 6.19. The van der Waals surface area contributed by atoms with Gasteiger partial charge in [-0.3, -0.25) is 0 Å². The molecular weight excluding hydrogens is 227 g/mol. The van der Waals surface area contributed by atoms with Crippen molar-refractivity contribution in [3.05, 3.63) is 52.8 Å². The van der Waals surface area contributed by atoms with Crippen LogP contribution in [0.3, 0.4) is 0 Å². The minimum absolute atomic E-state index is 0.148. The molecule has 0 aliphatic carbocycles.